The first-order valence-corrected chi connectivity index (χ1v) is 4.76. The number of aliphatic imine (C=N–C) groups is 1. The number of amides is 1. The van der Waals surface area contributed by atoms with Crippen LogP contribution < -0.4 is 0 Å². The van der Waals surface area contributed by atoms with Crippen molar-refractivity contribution in [2.45, 2.75) is 18.3 Å². The number of nitrogens with zero attached hydrogens (tertiary/aromatic N) is 1. The SMILES string of the molecule is O=C1N=C(F)C2(CC2)c2cc(O)ccc21. The second-order valence-corrected chi connectivity index (χ2v) is 4.02. The third kappa shape index (κ3) is 0.988. The van der Waals surface area contributed by atoms with E-state index in [2.05, 4.69) is 4.99 Å². The van der Waals surface area contributed by atoms with Gasteiger partial charge in [0, 0.05) is 5.56 Å². The first-order chi connectivity index (χ1) is 7.13. The topological polar surface area (TPSA) is 49.7 Å². The Hall–Kier alpha value is -1.71. The second-order valence-electron chi connectivity index (χ2n) is 4.02. The molecule has 1 aliphatic heterocycles. The van der Waals surface area contributed by atoms with E-state index >= 15 is 0 Å². The van der Waals surface area contributed by atoms with Crippen molar-refractivity contribution in [1.82, 2.24) is 0 Å². The van der Waals surface area contributed by atoms with Crippen LogP contribution in [0.3, 0.4) is 0 Å². The molecule has 15 heavy (non-hydrogen) atoms. The first-order valence-electron chi connectivity index (χ1n) is 4.76. The maximum Gasteiger partial charge on any atom is 0.279 e. The third-order valence-electron chi connectivity index (χ3n) is 3.09. The molecule has 1 amide bonds. The second kappa shape index (κ2) is 2.45. The van der Waals surface area contributed by atoms with E-state index in [4.69, 9.17) is 0 Å². The van der Waals surface area contributed by atoms with E-state index in [9.17, 15) is 14.3 Å². The number of hydrogen-bond acceptors (Lipinski definition) is 2. The number of benzene rings is 1. The number of hydrogen-bond donors (Lipinski definition) is 1. The third-order valence-corrected chi connectivity index (χ3v) is 3.09. The highest BCUT2D eigenvalue weighted by Crippen LogP contribution is 2.53. The Labute approximate surface area is 85.3 Å². The molecule has 0 atom stereocenters. The largest absolute Gasteiger partial charge is 0.508 e. The van der Waals surface area contributed by atoms with Crippen LogP contribution in [0.2, 0.25) is 0 Å². The average molecular weight is 205 g/mol. The minimum atomic E-state index is -0.706. The lowest BCUT2D eigenvalue weighted by molar-refractivity contribution is 0.0997. The summed E-state index contributed by atoms with van der Waals surface area (Å²) in [5.74, 6) is -1.10. The smallest absolute Gasteiger partial charge is 0.279 e. The molecule has 2 aliphatic rings. The van der Waals surface area contributed by atoms with Gasteiger partial charge >= 0.3 is 0 Å². The average Bonchev–Trinajstić information content (AvgIpc) is 2.96. The minimum absolute atomic E-state index is 0.0579. The fourth-order valence-electron chi connectivity index (χ4n) is 2.08. The van der Waals surface area contributed by atoms with Gasteiger partial charge in [0.1, 0.15) is 5.75 Å². The highest BCUT2D eigenvalue weighted by atomic mass is 19.1. The molecule has 0 radical (unpaired) electrons. The Morgan fingerprint density at radius 2 is 2.13 bits per heavy atom. The van der Waals surface area contributed by atoms with Gasteiger partial charge in [-0.1, -0.05) is 0 Å². The molecule has 1 fully saturated rings. The van der Waals surface area contributed by atoms with Crippen molar-refractivity contribution in [2.24, 2.45) is 4.99 Å². The van der Waals surface area contributed by atoms with Crippen molar-refractivity contribution in [3.05, 3.63) is 29.3 Å². The van der Waals surface area contributed by atoms with Crippen LogP contribution in [-0.4, -0.2) is 17.0 Å². The van der Waals surface area contributed by atoms with Crippen LogP contribution in [0, 0.1) is 0 Å². The molecular weight excluding hydrogens is 197 g/mol. The zero-order valence-corrected chi connectivity index (χ0v) is 7.83. The number of carbonyl (C=O) groups is 1. The molecule has 3 nitrogen and oxygen atoms in total. The van der Waals surface area contributed by atoms with E-state index in [0.29, 0.717) is 24.0 Å². The van der Waals surface area contributed by atoms with Crippen molar-refractivity contribution in [3.63, 3.8) is 0 Å². The summed E-state index contributed by atoms with van der Waals surface area (Å²) >= 11 is 0. The molecule has 1 saturated carbocycles. The Bertz CT molecular complexity index is 503. The van der Waals surface area contributed by atoms with E-state index < -0.39 is 17.3 Å². The van der Waals surface area contributed by atoms with Crippen LogP contribution in [0.4, 0.5) is 4.39 Å². The van der Waals surface area contributed by atoms with Gasteiger partial charge in [-0.3, -0.25) is 4.79 Å². The highest BCUT2D eigenvalue weighted by molar-refractivity contribution is 6.11. The van der Waals surface area contributed by atoms with Gasteiger partial charge in [-0.2, -0.15) is 9.38 Å². The predicted octanol–water partition coefficient (Wildman–Crippen LogP) is 1.95. The molecule has 3 rings (SSSR count). The van der Waals surface area contributed by atoms with E-state index in [1.807, 2.05) is 0 Å². The lowest BCUT2D eigenvalue weighted by atomic mass is 9.89. The van der Waals surface area contributed by atoms with Crippen LogP contribution in [0.15, 0.2) is 23.2 Å². The molecule has 1 N–H and O–H groups in total. The van der Waals surface area contributed by atoms with Gasteiger partial charge in [0.25, 0.3) is 5.91 Å². The summed E-state index contributed by atoms with van der Waals surface area (Å²) in [5.41, 5.74) is 0.286. The monoisotopic (exact) mass is 205 g/mol. The van der Waals surface area contributed by atoms with Gasteiger partial charge in [-0.05, 0) is 36.6 Å². The fourth-order valence-corrected chi connectivity index (χ4v) is 2.08. The summed E-state index contributed by atoms with van der Waals surface area (Å²) in [6.07, 6.45) is 1.32. The first kappa shape index (κ1) is 8.59. The molecule has 1 aromatic rings. The van der Waals surface area contributed by atoms with Crippen molar-refractivity contribution in [2.75, 3.05) is 0 Å². The normalized spacial score (nSPS) is 21.1. The Morgan fingerprint density at radius 3 is 2.80 bits per heavy atom. The fraction of sp³-hybridized carbons (Fsp3) is 0.273. The predicted molar refractivity (Wildman–Crippen MR) is 51.9 cm³/mol. The van der Waals surface area contributed by atoms with E-state index in [1.165, 1.54) is 18.2 Å². The van der Waals surface area contributed by atoms with Crippen LogP contribution >= 0.6 is 0 Å². The molecule has 1 aliphatic carbocycles. The summed E-state index contributed by atoms with van der Waals surface area (Å²) in [6, 6.07) is 4.39. The number of phenolic OH excluding ortho intramolecular Hbond substituents is 1. The van der Waals surface area contributed by atoms with Gasteiger partial charge in [0.05, 0.1) is 5.41 Å². The summed E-state index contributed by atoms with van der Waals surface area (Å²) < 4.78 is 13.5. The standard InChI is InChI=1S/C11H8FNO2/c12-10-11(3-4-11)8-5-6(14)1-2-7(8)9(15)13-10/h1-2,5,14H,3-4H2. The van der Waals surface area contributed by atoms with Gasteiger partial charge in [-0.15, -0.1) is 0 Å². The van der Waals surface area contributed by atoms with Gasteiger partial charge in [-0.25, -0.2) is 0 Å². The van der Waals surface area contributed by atoms with Gasteiger partial charge in [0.2, 0.25) is 5.97 Å². The molecule has 1 heterocycles. The number of phenols is 1. The molecular formula is C11H8FNO2. The summed E-state index contributed by atoms with van der Waals surface area (Å²) in [4.78, 5) is 14.8. The number of halogens is 1. The Balaban J connectivity index is 2.29. The van der Waals surface area contributed by atoms with Gasteiger partial charge < -0.3 is 5.11 Å². The molecule has 76 valence electrons. The van der Waals surface area contributed by atoms with E-state index in [1.54, 1.807) is 0 Å². The van der Waals surface area contributed by atoms with Crippen LogP contribution in [0.1, 0.15) is 28.8 Å². The maximum atomic E-state index is 13.5. The molecule has 0 unspecified atom stereocenters. The number of rotatable bonds is 0. The van der Waals surface area contributed by atoms with Crippen LogP contribution in [-0.2, 0) is 5.41 Å². The summed E-state index contributed by atoms with van der Waals surface area (Å²) in [6.45, 7) is 0. The summed E-state index contributed by atoms with van der Waals surface area (Å²) in [7, 11) is 0. The molecule has 4 heteroatoms. The maximum absolute atomic E-state index is 13.5. The van der Waals surface area contributed by atoms with E-state index in [0.717, 1.165) is 0 Å². The van der Waals surface area contributed by atoms with Crippen molar-refractivity contribution >= 4 is 11.9 Å². The number of fused-ring (bicyclic) bond motifs is 2. The molecule has 1 aromatic carbocycles. The van der Waals surface area contributed by atoms with Crippen LogP contribution in [0.25, 0.3) is 0 Å². The number of carbonyl (C=O) groups excluding carboxylic acids is 1. The quantitative estimate of drug-likeness (QED) is 0.703. The minimum Gasteiger partial charge on any atom is -0.508 e. The van der Waals surface area contributed by atoms with Crippen molar-refractivity contribution < 1.29 is 14.3 Å². The molecule has 0 bridgehead atoms. The molecule has 1 spiro atoms. The zero-order chi connectivity index (χ0) is 10.6. The molecule has 0 saturated heterocycles. The van der Waals surface area contributed by atoms with Crippen molar-refractivity contribution in [3.8, 4) is 5.75 Å². The Kier molecular flexibility index (Phi) is 1.40. The molecule has 0 aromatic heterocycles. The van der Waals surface area contributed by atoms with Crippen LogP contribution in [0.5, 0.6) is 5.75 Å². The lowest BCUT2D eigenvalue weighted by Crippen LogP contribution is -2.25. The van der Waals surface area contributed by atoms with Gasteiger partial charge in [0.15, 0.2) is 0 Å². The summed E-state index contributed by atoms with van der Waals surface area (Å²) in [5, 5.41) is 9.35. The zero-order valence-electron chi connectivity index (χ0n) is 7.83. The number of aromatic hydroxyl groups is 1. The lowest BCUT2D eigenvalue weighted by Gasteiger charge is -2.19. The van der Waals surface area contributed by atoms with E-state index in [-0.39, 0.29) is 5.75 Å². The van der Waals surface area contributed by atoms with Crippen molar-refractivity contribution in [1.29, 1.82) is 0 Å². The Morgan fingerprint density at radius 1 is 1.40 bits per heavy atom. The highest BCUT2D eigenvalue weighted by Gasteiger charge is 2.54.